The summed E-state index contributed by atoms with van der Waals surface area (Å²) in [7, 11) is 0. The predicted molar refractivity (Wildman–Crippen MR) is 104 cm³/mol. The van der Waals surface area contributed by atoms with Crippen molar-refractivity contribution < 1.29 is 14.3 Å². The van der Waals surface area contributed by atoms with Crippen LogP contribution in [0.1, 0.15) is 45.7 Å². The molecule has 0 saturated heterocycles. The third-order valence-electron chi connectivity index (χ3n) is 4.51. The van der Waals surface area contributed by atoms with Gasteiger partial charge in [0.05, 0.1) is 12.1 Å². The summed E-state index contributed by atoms with van der Waals surface area (Å²) in [6, 6.07) is 7.94. The van der Waals surface area contributed by atoms with E-state index in [9.17, 15) is 9.59 Å². The maximum atomic E-state index is 12.2. The lowest BCUT2D eigenvalue weighted by Crippen LogP contribution is -2.45. The Morgan fingerprint density at radius 3 is 2.65 bits per heavy atom. The molecule has 138 valence electrons. The molecule has 1 aliphatic heterocycles. The summed E-state index contributed by atoms with van der Waals surface area (Å²) in [6.07, 6.45) is 0.0362. The van der Waals surface area contributed by atoms with Crippen molar-refractivity contribution >= 4 is 29.0 Å². The summed E-state index contributed by atoms with van der Waals surface area (Å²) >= 11 is 1.64. The maximum Gasteiger partial charge on any atom is 0.407 e. The number of amides is 2. The summed E-state index contributed by atoms with van der Waals surface area (Å²) < 4.78 is 5.25. The van der Waals surface area contributed by atoms with E-state index in [-0.39, 0.29) is 24.1 Å². The number of fused-ring (bicyclic) bond motifs is 1. The number of nitrogens with one attached hydrogen (secondary N) is 1. The normalized spacial score (nSPS) is 19.2. The van der Waals surface area contributed by atoms with E-state index >= 15 is 0 Å². The first-order chi connectivity index (χ1) is 12.4. The zero-order valence-electron chi connectivity index (χ0n) is 15.5. The molecule has 0 saturated carbocycles. The highest BCUT2D eigenvalue weighted by Gasteiger charge is 2.33. The molecule has 0 radical (unpaired) electrons. The molecule has 1 aromatic carbocycles. The van der Waals surface area contributed by atoms with Gasteiger partial charge < -0.3 is 15.0 Å². The molecule has 2 aromatic rings. The van der Waals surface area contributed by atoms with Crippen LogP contribution in [0.4, 0.5) is 10.5 Å². The Morgan fingerprint density at radius 1 is 1.27 bits per heavy atom. The van der Waals surface area contributed by atoms with E-state index in [0.29, 0.717) is 6.42 Å². The number of thiophene rings is 1. The third kappa shape index (κ3) is 3.75. The van der Waals surface area contributed by atoms with Crippen molar-refractivity contribution in [3.63, 3.8) is 0 Å². The Morgan fingerprint density at radius 2 is 2.04 bits per heavy atom. The highest BCUT2D eigenvalue weighted by Crippen LogP contribution is 2.39. The number of carbonyl (C=O) groups excluding carboxylic acids is 2. The first kappa shape index (κ1) is 18.5. The fourth-order valence-corrected chi connectivity index (χ4v) is 4.14. The van der Waals surface area contributed by atoms with E-state index in [0.717, 1.165) is 22.4 Å². The van der Waals surface area contributed by atoms with Crippen LogP contribution in [0.25, 0.3) is 11.1 Å². The lowest BCUT2D eigenvalue weighted by atomic mass is 9.89. The van der Waals surface area contributed by atoms with Crippen LogP contribution in [0.2, 0.25) is 0 Å². The van der Waals surface area contributed by atoms with Crippen LogP contribution in [-0.4, -0.2) is 24.1 Å². The van der Waals surface area contributed by atoms with Crippen molar-refractivity contribution in [2.24, 2.45) is 0 Å². The lowest BCUT2D eigenvalue weighted by molar-refractivity contribution is -0.117. The standard InChI is InChI=1S/C20H24N2O3S/c1-12(2)25-20(24)21-18-9-13(3)22(14(4)23)19-6-5-15(10-17(18)19)16-7-8-26-11-16/h5-8,10-13,18H,9H2,1-4H3,(H,21,24)/t13-,18+/m0/s1. The van der Waals surface area contributed by atoms with Crippen molar-refractivity contribution in [2.45, 2.75) is 52.3 Å². The molecule has 0 bridgehead atoms. The first-order valence-electron chi connectivity index (χ1n) is 8.80. The fourth-order valence-electron chi connectivity index (χ4n) is 3.48. The largest absolute Gasteiger partial charge is 0.447 e. The molecule has 26 heavy (non-hydrogen) atoms. The number of ether oxygens (including phenoxy) is 1. The third-order valence-corrected chi connectivity index (χ3v) is 5.19. The molecule has 2 amide bonds. The predicted octanol–water partition coefficient (Wildman–Crippen LogP) is 4.74. The molecule has 6 heteroatoms. The van der Waals surface area contributed by atoms with Gasteiger partial charge in [-0.3, -0.25) is 4.79 Å². The topological polar surface area (TPSA) is 58.6 Å². The van der Waals surface area contributed by atoms with Crippen molar-refractivity contribution in [3.8, 4) is 11.1 Å². The van der Waals surface area contributed by atoms with Gasteiger partial charge in [-0.05, 0) is 72.8 Å². The fraction of sp³-hybridized carbons (Fsp3) is 0.400. The van der Waals surface area contributed by atoms with Crippen LogP contribution in [-0.2, 0) is 9.53 Å². The van der Waals surface area contributed by atoms with E-state index in [1.54, 1.807) is 23.2 Å². The lowest BCUT2D eigenvalue weighted by Gasteiger charge is -2.39. The number of carbonyl (C=O) groups is 2. The van der Waals surface area contributed by atoms with Crippen molar-refractivity contribution in [1.82, 2.24) is 5.32 Å². The Kier molecular flexibility index (Phi) is 5.32. The quantitative estimate of drug-likeness (QED) is 0.847. The minimum absolute atomic E-state index is 0.00338. The molecule has 2 heterocycles. The number of hydrogen-bond donors (Lipinski definition) is 1. The van der Waals surface area contributed by atoms with Gasteiger partial charge in [-0.15, -0.1) is 0 Å². The van der Waals surface area contributed by atoms with Gasteiger partial charge in [-0.2, -0.15) is 11.3 Å². The molecule has 5 nitrogen and oxygen atoms in total. The summed E-state index contributed by atoms with van der Waals surface area (Å²) in [6.45, 7) is 7.22. The van der Waals surface area contributed by atoms with Gasteiger partial charge in [-0.1, -0.05) is 6.07 Å². The number of anilines is 1. The summed E-state index contributed by atoms with van der Waals surface area (Å²) in [5, 5.41) is 7.10. The molecule has 2 atom stereocenters. The van der Waals surface area contributed by atoms with E-state index in [2.05, 4.69) is 22.8 Å². The number of nitrogens with zero attached hydrogens (tertiary/aromatic N) is 1. The van der Waals surface area contributed by atoms with Gasteiger partial charge in [0.2, 0.25) is 5.91 Å². The molecular weight excluding hydrogens is 348 g/mol. The van der Waals surface area contributed by atoms with E-state index in [1.807, 2.05) is 38.3 Å². The zero-order chi connectivity index (χ0) is 18.8. The Bertz CT molecular complexity index is 801. The number of rotatable bonds is 3. The number of alkyl carbamates (subject to hydrolysis) is 1. The van der Waals surface area contributed by atoms with Crippen molar-refractivity contribution in [1.29, 1.82) is 0 Å². The number of hydrogen-bond acceptors (Lipinski definition) is 4. The van der Waals surface area contributed by atoms with Gasteiger partial charge in [0.25, 0.3) is 0 Å². The second-order valence-electron chi connectivity index (χ2n) is 6.91. The average Bonchev–Trinajstić information content (AvgIpc) is 3.07. The molecule has 0 spiro atoms. The SMILES string of the molecule is CC(=O)N1c2ccc(-c3ccsc3)cc2[C@H](NC(=O)OC(C)C)C[C@@H]1C. The molecular formula is C20H24N2O3S. The van der Waals surface area contributed by atoms with Gasteiger partial charge in [0.1, 0.15) is 0 Å². The van der Waals surface area contributed by atoms with Crippen LogP contribution >= 0.6 is 11.3 Å². The molecule has 0 aliphatic carbocycles. The Hall–Kier alpha value is -2.34. The van der Waals surface area contributed by atoms with Gasteiger partial charge in [-0.25, -0.2) is 4.79 Å². The summed E-state index contributed by atoms with van der Waals surface area (Å²) in [5.74, 6) is 0.00485. The summed E-state index contributed by atoms with van der Waals surface area (Å²) in [5.41, 5.74) is 4.01. The smallest absolute Gasteiger partial charge is 0.407 e. The first-order valence-corrected chi connectivity index (χ1v) is 9.74. The second kappa shape index (κ2) is 7.50. The van der Waals surface area contributed by atoms with Gasteiger partial charge in [0, 0.05) is 18.7 Å². The van der Waals surface area contributed by atoms with Crippen molar-refractivity contribution in [3.05, 3.63) is 40.6 Å². The molecule has 0 fully saturated rings. The Labute approximate surface area is 158 Å². The minimum atomic E-state index is -0.430. The Balaban J connectivity index is 2.00. The number of benzene rings is 1. The van der Waals surface area contributed by atoms with Crippen LogP contribution in [0.15, 0.2) is 35.0 Å². The molecule has 1 aromatic heterocycles. The van der Waals surface area contributed by atoms with Gasteiger partial charge >= 0.3 is 6.09 Å². The van der Waals surface area contributed by atoms with Crippen LogP contribution < -0.4 is 10.2 Å². The second-order valence-corrected chi connectivity index (χ2v) is 7.69. The van der Waals surface area contributed by atoms with Crippen molar-refractivity contribution in [2.75, 3.05) is 4.90 Å². The molecule has 3 rings (SSSR count). The summed E-state index contributed by atoms with van der Waals surface area (Å²) in [4.78, 5) is 26.1. The van der Waals surface area contributed by atoms with Crippen LogP contribution in [0.5, 0.6) is 0 Å². The molecule has 0 unspecified atom stereocenters. The van der Waals surface area contributed by atoms with E-state index in [4.69, 9.17) is 4.74 Å². The highest BCUT2D eigenvalue weighted by atomic mass is 32.1. The van der Waals surface area contributed by atoms with Gasteiger partial charge in [0.15, 0.2) is 0 Å². The molecule has 1 N–H and O–H groups in total. The minimum Gasteiger partial charge on any atom is -0.447 e. The maximum absolute atomic E-state index is 12.2. The monoisotopic (exact) mass is 372 g/mol. The zero-order valence-corrected chi connectivity index (χ0v) is 16.3. The highest BCUT2D eigenvalue weighted by molar-refractivity contribution is 7.08. The van der Waals surface area contributed by atoms with Crippen LogP contribution in [0, 0.1) is 0 Å². The van der Waals surface area contributed by atoms with E-state index < -0.39 is 6.09 Å². The average molecular weight is 372 g/mol. The van der Waals surface area contributed by atoms with E-state index in [1.165, 1.54) is 0 Å². The molecule has 1 aliphatic rings. The van der Waals surface area contributed by atoms with Crippen LogP contribution in [0.3, 0.4) is 0 Å².